The van der Waals surface area contributed by atoms with Crippen LogP contribution in [0.1, 0.15) is 46.0 Å². The van der Waals surface area contributed by atoms with Gasteiger partial charge in [-0.05, 0) is 90.9 Å². The Morgan fingerprint density at radius 2 is 1.86 bits per heavy atom. The second-order valence-corrected chi connectivity index (χ2v) is 13.6. The summed E-state index contributed by atoms with van der Waals surface area (Å²) in [5.74, 6) is -0.0881. The van der Waals surface area contributed by atoms with Crippen molar-refractivity contribution in [2.24, 2.45) is 0 Å². The van der Waals surface area contributed by atoms with Gasteiger partial charge >= 0.3 is 0 Å². The first-order valence-electron chi connectivity index (χ1n) is 13.9. The molecular formula is C33H35ClN4O3S. The number of carbonyl (C=O) groups excluding carboxylic acids is 1. The first-order chi connectivity index (χ1) is 19.6. The Hall–Kier alpha value is -3.72. The van der Waals surface area contributed by atoms with Crippen molar-refractivity contribution >= 4 is 44.9 Å². The molecule has 0 saturated carbocycles. The number of hydrogen-bond donors (Lipinski definition) is 1. The molecule has 1 amide bonds. The minimum atomic E-state index is -3.92. The second kappa shape index (κ2) is 11.2. The van der Waals surface area contributed by atoms with Crippen LogP contribution in [-0.4, -0.2) is 53.6 Å². The molecule has 1 aliphatic carbocycles. The summed E-state index contributed by atoms with van der Waals surface area (Å²) in [6, 6.07) is 15.3. The van der Waals surface area contributed by atoms with Crippen LogP contribution in [0.5, 0.6) is 0 Å². The number of hydrogen-bond acceptors (Lipinski definition) is 5. The van der Waals surface area contributed by atoms with Gasteiger partial charge in [-0.15, -0.1) is 12.4 Å². The minimum absolute atomic E-state index is 0. The molecule has 4 aromatic rings. The molecule has 9 heteroatoms. The van der Waals surface area contributed by atoms with Crippen molar-refractivity contribution in [2.45, 2.75) is 38.0 Å². The van der Waals surface area contributed by atoms with Crippen LogP contribution in [0.15, 0.2) is 79.2 Å². The van der Waals surface area contributed by atoms with Gasteiger partial charge in [0.25, 0.3) is 5.91 Å². The highest BCUT2D eigenvalue weighted by Crippen LogP contribution is 2.39. The van der Waals surface area contributed by atoms with Crippen LogP contribution in [0.4, 0.5) is 0 Å². The molecule has 42 heavy (non-hydrogen) atoms. The smallest absolute Gasteiger partial charge is 0.253 e. The third-order valence-electron chi connectivity index (χ3n) is 8.28. The summed E-state index contributed by atoms with van der Waals surface area (Å²) in [6.45, 7) is 5.73. The first kappa shape index (κ1) is 29.8. The van der Waals surface area contributed by atoms with E-state index in [2.05, 4.69) is 29.4 Å². The number of amides is 1. The van der Waals surface area contributed by atoms with Crippen LogP contribution in [0.2, 0.25) is 0 Å². The van der Waals surface area contributed by atoms with E-state index in [1.165, 1.54) is 25.6 Å². The molecular weight excluding hydrogens is 568 g/mol. The van der Waals surface area contributed by atoms with Crippen molar-refractivity contribution in [1.29, 1.82) is 0 Å². The first-order valence-corrected chi connectivity index (χ1v) is 15.3. The van der Waals surface area contributed by atoms with E-state index < -0.39 is 14.8 Å². The molecule has 6 rings (SSSR count). The molecule has 3 heterocycles. The lowest BCUT2D eigenvalue weighted by Gasteiger charge is -2.29. The number of benzene rings is 2. The third kappa shape index (κ3) is 4.97. The second-order valence-electron chi connectivity index (χ2n) is 11.4. The predicted molar refractivity (Wildman–Crippen MR) is 171 cm³/mol. The Bertz CT molecular complexity index is 1860. The zero-order valence-electron chi connectivity index (χ0n) is 24.2. The van der Waals surface area contributed by atoms with E-state index in [1.54, 1.807) is 45.5 Å². The molecule has 1 unspecified atom stereocenters. The summed E-state index contributed by atoms with van der Waals surface area (Å²) in [4.78, 5) is 18.4. The van der Waals surface area contributed by atoms with Crippen molar-refractivity contribution < 1.29 is 13.2 Å². The van der Waals surface area contributed by atoms with Gasteiger partial charge in [0.2, 0.25) is 10.0 Å². The zero-order chi connectivity index (χ0) is 28.9. The highest BCUT2D eigenvalue weighted by Gasteiger charge is 2.41. The fourth-order valence-electron chi connectivity index (χ4n) is 5.90. The normalized spacial score (nSPS) is 18.2. The zero-order valence-corrected chi connectivity index (χ0v) is 25.8. The largest absolute Gasteiger partial charge is 0.345 e. The number of rotatable bonds is 5. The van der Waals surface area contributed by atoms with Crippen LogP contribution in [0.3, 0.4) is 0 Å². The Labute approximate surface area is 253 Å². The molecule has 2 aromatic heterocycles. The van der Waals surface area contributed by atoms with E-state index in [-0.39, 0.29) is 18.3 Å². The summed E-state index contributed by atoms with van der Waals surface area (Å²) in [5, 5.41) is 4.18. The van der Waals surface area contributed by atoms with E-state index in [0.29, 0.717) is 17.6 Å². The van der Waals surface area contributed by atoms with Crippen LogP contribution in [-0.2, 0) is 23.0 Å². The monoisotopic (exact) mass is 602 g/mol. The van der Waals surface area contributed by atoms with Gasteiger partial charge in [0.1, 0.15) is 4.75 Å². The molecule has 0 fully saturated rings. The maximum Gasteiger partial charge on any atom is 0.253 e. The molecule has 7 nitrogen and oxygen atoms in total. The Morgan fingerprint density at radius 1 is 1.10 bits per heavy atom. The number of nitrogens with zero attached hydrogens (tertiary/aromatic N) is 3. The van der Waals surface area contributed by atoms with E-state index in [0.717, 1.165) is 47.2 Å². The lowest BCUT2D eigenvalue weighted by molar-refractivity contribution is 0.0827. The van der Waals surface area contributed by atoms with Crippen molar-refractivity contribution in [3.05, 3.63) is 107 Å². The Balaban J connectivity index is 0.00000353. The number of fused-ring (bicyclic) bond motifs is 2. The molecule has 218 valence electrons. The van der Waals surface area contributed by atoms with Gasteiger partial charge < -0.3 is 10.2 Å². The lowest BCUT2D eigenvalue weighted by Crippen LogP contribution is -2.38. The van der Waals surface area contributed by atoms with E-state index in [4.69, 9.17) is 0 Å². The topological polar surface area (TPSA) is 84.3 Å². The van der Waals surface area contributed by atoms with E-state index in [1.807, 2.05) is 42.5 Å². The number of aromatic nitrogens is 2. The molecule has 2 aliphatic rings. The van der Waals surface area contributed by atoms with Crippen molar-refractivity contribution in [2.75, 3.05) is 20.6 Å². The van der Waals surface area contributed by atoms with Crippen LogP contribution < -0.4 is 5.32 Å². The summed E-state index contributed by atoms with van der Waals surface area (Å²) in [5.41, 5.74) is 8.37. The number of carbonyl (C=O) groups is 1. The maximum atomic E-state index is 14.4. The van der Waals surface area contributed by atoms with Crippen LogP contribution in [0.25, 0.3) is 27.7 Å². The van der Waals surface area contributed by atoms with Crippen LogP contribution >= 0.6 is 12.4 Å². The summed E-state index contributed by atoms with van der Waals surface area (Å²) >= 11 is 0. The number of pyridine rings is 1. The standard InChI is InChI=1S/C33H34N4O3S.ClH/c1-22-17-27(18-25-13-16-34-20-29(22)25)26-7-5-14-33(2,19-26)41(39,40)37-21-30(28-8-6-15-35-31(28)37)23-9-11-24(12-10-23)32(38)36(3)4;/h5-12,15,17-19,21,34H,13-14,16,20H2,1-4H3;1H. The van der Waals surface area contributed by atoms with Crippen molar-refractivity contribution in [3.8, 4) is 11.1 Å². The predicted octanol–water partition coefficient (Wildman–Crippen LogP) is 5.76. The molecule has 0 radical (unpaired) electrons. The Morgan fingerprint density at radius 3 is 2.60 bits per heavy atom. The van der Waals surface area contributed by atoms with Gasteiger partial charge in [0.05, 0.1) is 0 Å². The number of aryl methyl sites for hydroxylation is 1. The van der Waals surface area contributed by atoms with Gasteiger partial charge in [0, 0.05) is 49.5 Å². The fraction of sp³-hybridized carbons (Fsp3) is 0.273. The highest BCUT2D eigenvalue weighted by molar-refractivity contribution is 7.91. The average molecular weight is 603 g/mol. The molecule has 1 N–H and O–H groups in total. The number of halogens is 1. The summed E-state index contributed by atoms with van der Waals surface area (Å²) in [7, 11) is -0.493. The number of allylic oxidation sites excluding steroid dienone is 3. The van der Waals surface area contributed by atoms with Gasteiger partial charge in [-0.3, -0.25) is 4.79 Å². The number of nitrogens with one attached hydrogen (secondary N) is 1. The molecule has 0 bridgehead atoms. The van der Waals surface area contributed by atoms with Gasteiger partial charge in [0.15, 0.2) is 5.65 Å². The van der Waals surface area contributed by atoms with E-state index in [9.17, 15) is 13.2 Å². The van der Waals surface area contributed by atoms with Gasteiger partial charge in [-0.1, -0.05) is 42.5 Å². The van der Waals surface area contributed by atoms with Crippen LogP contribution in [0, 0.1) is 6.92 Å². The van der Waals surface area contributed by atoms with Gasteiger partial charge in [-0.25, -0.2) is 17.4 Å². The minimum Gasteiger partial charge on any atom is -0.345 e. The SMILES string of the molecule is Cc1cc(C2=CC(C)(S(=O)(=O)n3cc(-c4ccc(C(=O)N(C)C)cc4)c4cccnc43)CC=C2)cc2c1CNCC2.Cl. The third-order valence-corrected chi connectivity index (χ3v) is 10.5. The highest BCUT2D eigenvalue weighted by atomic mass is 35.5. The fourth-order valence-corrected chi connectivity index (χ4v) is 7.55. The summed E-state index contributed by atoms with van der Waals surface area (Å²) in [6.07, 6.45) is 10.5. The quantitative estimate of drug-likeness (QED) is 0.314. The Kier molecular flexibility index (Phi) is 7.91. The molecule has 1 atom stereocenters. The maximum absolute atomic E-state index is 14.4. The van der Waals surface area contributed by atoms with E-state index >= 15 is 0 Å². The molecule has 1 aliphatic heterocycles. The average Bonchev–Trinajstić information content (AvgIpc) is 3.37. The lowest BCUT2D eigenvalue weighted by atomic mass is 9.88. The summed E-state index contributed by atoms with van der Waals surface area (Å²) < 4.78 is 29.1. The van der Waals surface area contributed by atoms with Gasteiger partial charge in [-0.2, -0.15) is 0 Å². The van der Waals surface area contributed by atoms with Crippen molar-refractivity contribution in [1.82, 2.24) is 19.2 Å². The molecule has 2 aromatic carbocycles. The molecule has 0 spiro atoms. The molecule has 0 saturated heterocycles. The van der Waals surface area contributed by atoms with Crippen molar-refractivity contribution in [3.63, 3.8) is 0 Å².